The summed E-state index contributed by atoms with van der Waals surface area (Å²) >= 11 is 0. The summed E-state index contributed by atoms with van der Waals surface area (Å²) in [5, 5.41) is 1.99. The Hall–Kier alpha value is -4.54. The second kappa shape index (κ2) is 10.5. The molecule has 0 saturated carbocycles. The fraction of sp³-hybridized carbons (Fsp3) is 0.122. The van der Waals surface area contributed by atoms with E-state index in [1.54, 1.807) is 12.3 Å². The Kier molecular flexibility index (Phi) is 5.91. The van der Waals surface area contributed by atoms with Crippen molar-refractivity contribution in [3.63, 3.8) is 0 Å². The number of aryl methyl sites for hydroxylation is 1. The monoisotopic (exact) mass is 795 g/mol. The summed E-state index contributed by atoms with van der Waals surface area (Å²) in [4.78, 5) is 4.58. The number of fused-ring (bicyclic) bond motifs is 7. The van der Waals surface area contributed by atoms with E-state index >= 15 is 0 Å². The predicted molar refractivity (Wildman–Crippen MR) is 186 cm³/mol. The maximum absolute atomic E-state index is 7.96. The first kappa shape index (κ1) is 26.5. The number of quaternary nitrogens is 2. The van der Waals surface area contributed by atoms with Gasteiger partial charge in [0.1, 0.15) is 5.82 Å². The molecule has 5 nitrogen and oxygen atoms in total. The number of pyridine rings is 1. The topological polar surface area (TPSA) is 27.1 Å². The van der Waals surface area contributed by atoms with E-state index in [2.05, 4.69) is 105 Å². The first-order chi connectivity index (χ1) is 23.5. The third-order valence-corrected chi connectivity index (χ3v) is 9.37. The van der Waals surface area contributed by atoms with E-state index in [1.165, 1.54) is 28.7 Å². The third kappa shape index (κ3) is 4.23. The first-order valence-corrected chi connectivity index (χ1v) is 15.5. The smallest absolute Gasteiger partial charge is 0.225 e. The van der Waals surface area contributed by atoms with Gasteiger partial charge in [0, 0.05) is 72.7 Å². The van der Waals surface area contributed by atoms with Gasteiger partial charge in [0.05, 0.1) is 5.69 Å². The van der Waals surface area contributed by atoms with Crippen molar-refractivity contribution in [3.8, 4) is 17.3 Å². The SMILES string of the molecule is [2H]C([2H])([2H])c1ccnc(-n2c3[c-]c(Oc4[c-]c([N+]56[CH-][N@+]5(c5cccc(C(C)(C)C)c5)c5ccccc56)ccc4)ccc3c3ccccc32)c1.[Pt]. The van der Waals surface area contributed by atoms with Crippen LogP contribution in [0.1, 0.15) is 36.0 Å². The maximum Gasteiger partial charge on any atom is 0.225 e. The Morgan fingerprint density at radius 1 is 0.766 bits per heavy atom. The van der Waals surface area contributed by atoms with Gasteiger partial charge < -0.3 is 9.30 Å². The third-order valence-electron chi connectivity index (χ3n) is 9.37. The Balaban J connectivity index is 0.00000361. The molecule has 2 aromatic heterocycles. The molecular weight excluding hydrogens is 760 g/mol. The van der Waals surface area contributed by atoms with Gasteiger partial charge in [-0.15, -0.1) is 29.7 Å². The summed E-state index contributed by atoms with van der Waals surface area (Å²) in [6, 6.07) is 45.8. The fourth-order valence-electron chi connectivity index (χ4n) is 7.14. The van der Waals surface area contributed by atoms with E-state index in [9.17, 15) is 0 Å². The molecular formula is C41H33N4OPt-. The molecule has 47 heavy (non-hydrogen) atoms. The molecule has 0 bridgehead atoms. The number of rotatable bonds is 5. The van der Waals surface area contributed by atoms with E-state index in [1.807, 2.05) is 47.0 Å². The largest absolute Gasteiger partial charge is 0.509 e. The van der Waals surface area contributed by atoms with Crippen LogP contribution >= 0.6 is 0 Å². The Labute approximate surface area is 293 Å². The van der Waals surface area contributed by atoms with Crippen LogP contribution in [-0.4, -0.2) is 9.55 Å². The molecule has 5 aromatic carbocycles. The van der Waals surface area contributed by atoms with Crippen LogP contribution < -0.4 is 13.9 Å². The Morgan fingerprint density at radius 2 is 1.53 bits per heavy atom. The van der Waals surface area contributed by atoms with E-state index in [0.29, 0.717) is 26.5 Å². The Bertz CT molecular complexity index is 2470. The van der Waals surface area contributed by atoms with Crippen LogP contribution in [0.4, 0.5) is 22.7 Å². The molecule has 0 spiro atoms. The van der Waals surface area contributed by atoms with Crippen molar-refractivity contribution < 1.29 is 29.9 Å². The molecule has 0 N–H and O–H groups in total. The van der Waals surface area contributed by atoms with Crippen molar-refractivity contribution in [1.82, 2.24) is 18.7 Å². The van der Waals surface area contributed by atoms with Crippen LogP contribution in [0, 0.1) is 25.7 Å². The van der Waals surface area contributed by atoms with Gasteiger partial charge in [-0.3, -0.25) is 0 Å². The van der Waals surface area contributed by atoms with Gasteiger partial charge in [0.15, 0.2) is 12.4 Å². The van der Waals surface area contributed by atoms with Crippen LogP contribution in [0.15, 0.2) is 121 Å². The predicted octanol–water partition coefficient (Wildman–Crippen LogP) is 10.5. The summed E-state index contributed by atoms with van der Waals surface area (Å²) in [6.07, 6.45) is 1.54. The quantitative estimate of drug-likeness (QED) is 0.0986. The summed E-state index contributed by atoms with van der Waals surface area (Å²) in [5.41, 5.74) is 7.89. The van der Waals surface area contributed by atoms with Crippen molar-refractivity contribution in [2.45, 2.75) is 33.0 Å². The van der Waals surface area contributed by atoms with Crippen molar-refractivity contribution in [2.24, 2.45) is 0 Å². The molecule has 7 aromatic rings. The summed E-state index contributed by atoms with van der Waals surface area (Å²) in [6.45, 7) is 6.84. The van der Waals surface area contributed by atoms with Gasteiger partial charge >= 0.3 is 0 Å². The van der Waals surface area contributed by atoms with Crippen LogP contribution in [0.3, 0.4) is 0 Å². The molecule has 2 atom stereocenters. The number of aromatic nitrogens is 2. The summed E-state index contributed by atoms with van der Waals surface area (Å²) in [5.74, 6) is 1.61. The second-order valence-electron chi connectivity index (χ2n) is 13.1. The molecule has 4 heterocycles. The van der Waals surface area contributed by atoms with Crippen molar-refractivity contribution in [1.29, 1.82) is 0 Å². The zero-order chi connectivity index (χ0) is 33.8. The second-order valence-corrected chi connectivity index (χ2v) is 13.1. The van der Waals surface area contributed by atoms with E-state index < -0.39 is 6.85 Å². The first-order valence-electron chi connectivity index (χ1n) is 17.0. The van der Waals surface area contributed by atoms with Crippen molar-refractivity contribution in [3.05, 3.63) is 151 Å². The number of benzene rings is 5. The van der Waals surface area contributed by atoms with Gasteiger partial charge in [-0.1, -0.05) is 74.8 Å². The molecule has 1 saturated heterocycles. The number of hydrogen-bond acceptors (Lipinski definition) is 2. The number of para-hydroxylation sites is 3. The Morgan fingerprint density at radius 3 is 2.36 bits per heavy atom. The molecule has 2 aliphatic rings. The molecule has 0 amide bonds. The minimum Gasteiger partial charge on any atom is -0.509 e. The summed E-state index contributed by atoms with van der Waals surface area (Å²) < 4.78 is 33.5. The van der Waals surface area contributed by atoms with Crippen molar-refractivity contribution in [2.75, 3.05) is 0 Å². The minimum absolute atomic E-state index is 0. The molecule has 1 fully saturated rings. The fourth-order valence-corrected chi connectivity index (χ4v) is 7.14. The zero-order valence-electron chi connectivity index (χ0n) is 29.1. The molecule has 234 valence electrons. The molecule has 1 unspecified atom stereocenters. The normalized spacial score (nSPS) is 20.6. The molecule has 0 radical (unpaired) electrons. The molecule has 6 heteroatoms. The van der Waals surface area contributed by atoms with Gasteiger partial charge in [0.25, 0.3) is 0 Å². The standard InChI is InChI=1S/C41H33N4O.Pt/c1-28-21-22-42-40(23-28)43-36-16-6-5-15-34(36)35-20-19-33(26-37(35)43)46-32-14-10-13-31(25-32)45-27-44(45,38-17-7-8-18-39(38)45)30-12-9-11-29(24-30)41(2,3)4;/h5-24,27H,1-4H3;/q-1;/t44-,45?;/m0./s1/i1D3;. The molecule has 9 rings (SSSR count). The van der Waals surface area contributed by atoms with Crippen LogP contribution in [0.2, 0.25) is 0 Å². The van der Waals surface area contributed by atoms with E-state index in [4.69, 9.17) is 8.85 Å². The number of hydrogen-bond donors (Lipinski definition) is 0. The average molecular weight is 796 g/mol. The van der Waals surface area contributed by atoms with E-state index in [0.717, 1.165) is 27.5 Å². The maximum atomic E-state index is 7.96. The number of ether oxygens (including phenoxy) is 1. The van der Waals surface area contributed by atoms with Gasteiger partial charge in [-0.2, -0.15) is 16.7 Å². The summed E-state index contributed by atoms with van der Waals surface area (Å²) in [7, 11) is 0. The number of nitrogens with zero attached hydrogens (tertiary/aromatic N) is 4. The molecule has 0 aliphatic carbocycles. The van der Waals surface area contributed by atoms with Crippen LogP contribution in [0.25, 0.3) is 27.6 Å². The van der Waals surface area contributed by atoms with Gasteiger partial charge in [-0.05, 0) is 47.0 Å². The van der Waals surface area contributed by atoms with Gasteiger partial charge in [0.2, 0.25) is 11.4 Å². The van der Waals surface area contributed by atoms with Crippen LogP contribution in [0.5, 0.6) is 11.5 Å². The minimum atomic E-state index is -2.25. The average Bonchev–Trinajstić information content (AvgIpc) is 3.58. The van der Waals surface area contributed by atoms with Gasteiger partial charge in [-0.25, -0.2) is 9.58 Å². The van der Waals surface area contributed by atoms with Crippen molar-refractivity contribution >= 4 is 44.6 Å². The zero-order valence-corrected chi connectivity index (χ0v) is 28.4. The van der Waals surface area contributed by atoms with E-state index in [-0.39, 0.29) is 32.0 Å². The van der Waals surface area contributed by atoms with Crippen LogP contribution in [-0.2, 0) is 26.5 Å². The molecule has 2 aliphatic heterocycles.